The highest BCUT2D eigenvalue weighted by Gasteiger charge is 2.18. The molecule has 2 rings (SSSR count). The molecule has 1 aromatic heterocycles. The summed E-state index contributed by atoms with van der Waals surface area (Å²) in [6.07, 6.45) is 1.91. The van der Waals surface area contributed by atoms with Gasteiger partial charge in [0.1, 0.15) is 9.84 Å². The molecule has 94 valence electrons. The number of nitrogens with zero attached hydrogens (tertiary/aromatic N) is 4. The van der Waals surface area contributed by atoms with E-state index >= 15 is 0 Å². The van der Waals surface area contributed by atoms with Gasteiger partial charge in [-0.1, -0.05) is 6.92 Å². The minimum Gasteiger partial charge on any atom is -0.229 e. The van der Waals surface area contributed by atoms with Crippen LogP contribution in [0.2, 0.25) is 0 Å². The lowest BCUT2D eigenvalue weighted by Gasteiger charge is -2.01. The summed E-state index contributed by atoms with van der Waals surface area (Å²) in [5.74, 6) is 2.00. The van der Waals surface area contributed by atoms with Crippen LogP contribution in [0.15, 0.2) is 5.10 Å². The number of rotatable bonds is 5. The second-order valence-corrected chi connectivity index (χ2v) is 6.67. The lowest BCUT2D eigenvalue weighted by Crippen LogP contribution is -2.10. The largest absolute Gasteiger partial charge is 0.229 e. The molecule has 0 saturated heterocycles. The zero-order chi connectivity index (χ0) is 12.5. The monoisotopic (exact) mass is 256 g/mol. The molecule has 6 nitrogen and oxygen atoms in total. The zero-order valence-electron chi connectivity index (χ0n) is 10.0. The van der Waals surface area contributed by atoms with E-state index in [1.807, 2.05) is 6.92 Å². The van der Waals surface area contributed by atoms with Gasteiger partial charge in [0, 0.05) is 24.3 Å². The average Bonchev–Trinajstić information content (AvgIpc) is 2.79. The van der Waals surface area contributed by atoms with Crippen LogP contribution in [-0.2, 0) is 22.7 Å². The third kappa shape index (κ3) is 2.71. The molecule has 0 aliphatic carbocycles. The number of hydrogen-bond acceptors (Lipinski definition) is 5. The number of sulfone groups is 1. The number of aryl methyl sites for hydroxylation is 1. The maximum atomic E-state index is 11.3. The van der Waals surface area contributed by atoms with Crippen molar-refractivity contribution in [1.29, 1.82) is 0 Å². The van der Waals surface area contributed by atoms with Gasteiger partial charge in [0.15, 0.2) is 11.6 Å². The lowest BCUT2D eigenvalue weighted by atomic mass is 10.3. The van der Waals surface area contributed by atoms with Crippen LogP contribution in [0, 0.1) is 0 Å². The van der Waals surface area contributed by atoms with Crippen molar-refractivity contribution in [3.63, 3.8) is 0 Å². The van der Waals surface area contributed by atoms with Crippen LogP contribution in [0.4, 0.5) is 0 Å². The molecule has 0 unspecified atom stereocenters. The number of aromatic nitrogens is 3. The summed E-state index contributed by atoms with van der Waals surface area (Å²) in [5, 5.41) is 12.4. The summed E-state index contributed by atoms with van der Waals surface area (Å²) in [5.41, 5.74) is 1.01. The SMILES string of the molecule is CCS(=O)(=O)CCCc1nnc2n1N=C(C)C2. The van der Waals surface area contributed by atoms with Crippen molar-refractivity contribution < 1.29 is 8.42 Å². The van der Waals surface area contributed by atoms with Crippen molar-refractivity contribution in [2.75, 3.05) is 11.5 Å². The molecule has 0 fully saturated rings. The van der Waals surface area contributed by atoms with Crippen molar-refractivity contribution in [3.8, 4) is 0 Å². The standard InChI is InChI=1S/C10H16N4O2S/c1-3-17(15,16)6-4-5-9-11-12-10-7-8(2)13-14(9)10/h3-7H2,1-2H3. The van der Waals surface area contributed by atoms with E-state index in [0.717, 1.165) is 23.8 Å². The molecule has 0 radical (unpaired) electrons. The molecule has 1 aromatic rings. The van der Waals surface area contributed by atoms with E-state index in [-0.39, 0.29) is 11.5 Å². The Labute approximate surface area is 101 Å². The highest BCUT2D eigenvalue weighted by atomic mass is 32.2. The summed E-state index contributed by atoms with van der Waals surface area (Å²) < 4.78 is 24.4. The van der Waals surface area contributed by atoms with E-state index in [4.69, 9.17) is 0 Å². The molecule has 0 atom stereocenters. The third-order valence-electron chi connectivity index (χ3n) is 2.75. The fourth-order valence-corrected chi connectivity index (χ4v) is 2.63. The normalized spacial score (nSPS) is 14.8. The Morgan fingerprint density at radius 2 is 2.12 bits per heavy atom. The summed E-state index contributed by atoms with van der Waals surface area (Å²) in [6.45, 7) is 3.61. The highest BCUT2D eigenvalue weighted by molar-refractivity contribution is 7.91. The summed E-state index contributed by atoms with van der Waals surface area (Å²) in [4.78, 5) is 0. The van der Waals surface area contributed by atoms with Crippen molar-refractivity contribution in [1.82, 2.24) is 14.9 Å². The predicted octanol–water partition coefficient (Wildman–Crippen LogP) is 0.425. The predicted molar refractivity (Wildman–Crippen MR) is 64.9 cm³/mol. The van der Waals surface area contributed by atoms with Crippen LogP contribution >= 0.6 is 0 Å². The van der Waals surface area contributed by atoms with Gasteiger partial charge in [-0.05, 0) is 13.3 Å². The topological polar surface area (TPSA) is 77.2 Å². The van der Waals surface area contributed by atoms with Gasteiger partial charge in [-0.15, -0.1) is 10.2 Å². The first-order chi connectivity index (χ1) is 8.02. The average molecular weight is 256 g/mol. The minimum absolute atomic E-state index is 0.197. The minimum atomic E-state index is -2.89. The molecule has 0 saturated carbocycles. The lowest BCUT2D eigenvalue weighted by molar-refractivity contribution is 0.593. The number of fused-ring (bicyclic) bond motifs is 1. The van der Waals surface area contributed by atoms with Gasteiger partial charge in [0.25, 0.3) is 0 Å². The maximum Gasteiger partial charge on any atom is 0.160 e. The van der Waals surface area contributed by atoms with E-state index in [9.17, 15) is 8.42 Å². The molecule has 7 heteroatoms. The van der Waals surface area contributed by atoms with E-state index in [1.54, 1.807) is 11.6 Å². The Hall–Kier alpha value is -1.24. The Kier molecular flexibility index (Phi) is 3.28. The first kappa shape index (κ1) is 12.2. The molecule has 0 bridgehead atoms. The Bertz CT molecular complexity index is 545. The molecule has 0 amide bonds. The van der Waals surface area contributed by atoms with E-state index < -0.39 is 9.84 Å². The van der Waals surface area contributed by atoms with Crippen molar-refractivity contribution >= 4 is 15.5 Å². The molecule has 0 spiro atoms. The van der Waals surface area contributed by atoms with E-state index in [0.29, 0.717) is 12.8 Å². The maximum absolute atomic E-state index is 11.3. The van der Waals surface area contributed by atoms with Crippen LogP contribution < -0.4 is 0 Å². The quantitative estimate of drug-likeness (QED) is 0.765. The van der Waals surface area contributed by atoms with E-state index in [1.165, 1.54) is 0 Å². The first-order valence-corrected chi connectivity index (χ1v) is 7.52. The smallest absolute Gasteiger partial charge is 0.160 e. The summed E-state index contributed by atoms with van der Waals surface area (Å²) in [7, 11) is -2.89. The van der Waals surface area contributed by atoms with Crippen molar-refractivity contribution in [2.24, 2.45) is 5.10 Å². The molecule has 2 heterocycles. The van der Waals surface area contributed by atoms with Gasteiger partial charge >= 0.3 is 0 Å². The molecule has 1 aliphatic heterocycles. The molecular formula is C10H16N4O2S. The van der Waals surface area contributed by atoms with Gasteiger partial charge in [0.2, 0.25) is 0 Å². The fraction of sp³-hybridized carbons (Fsp3) is 0.700. The van der Waals surface area contributed by atoms with Crippen LogP contribution in [0.5, 0.6) is 0 Å². The second kappa shape index (κ2) is 4.56. The molecule has 0 N–H and O–H groups in total. The zero-order valence-corrected chi connectivity index (χ0v) is 10.9. The van der Waals surface area contributed by atoms with E-state index in [2.05, 4.69) is 15.3 Å². The molecule has 0 aromatic carbocycles. The van der Waals surface area contributed by atoms with Crippen molar-refractivity contribution in [3.05, 3.63) is 11.6 Å². The van der Waals surface area contributed by atoms with Gasteiger partial charge in [-0.25, -0.2) is 13.1 Å². The molecular weight excluding hydrogens is 240 g/mol. The summed E-state index contributed by atoms with van der Waals surface area (Å²) in [6, 6.07) is 0. The van der Waals surface area contributed by atoms with Crippen LogP contribution in [0.25, 0.3) is 0 Å². The van der Waals surface area contributed by atoms with Crippen molar-refractivity contribution in [2.45, 2.75) is 33.1 Å². The molecule has 17 heavy (non-hydrogen) atoms. The highest BCUT2D eigenvalue weighted by Crippen LogP contribution is 2.12. The Balaban J connectivity index is 1.98. The first-order valence-electron chi connectivity index (χ1n) is 5.70. The van der Waals surface area contributed by atoms with Crippen LogP contribution in [0.3, 0.4) is 0 Å². The third-order valence-corrected chi connectivity index (χ3v) is 4.54. The number of hydrogen-bond donors (Lipinski definition) is 0. The molecule has 1 aliphatic rings. The Morgan fingerprint density at radius 1 is 1.35 bits per heavy atom. The van der Waals surface area contributed by atoms with Crippen LogP contribution in [-0.4, -0.2) is 40.5 Å². The summed E-state index contributed by atoms with van der Waals surface area (Å²) >= 11 is 0. The van der Waals surface area contributed by atoms with Gasteiger partial charge < -0.3 is 0 Å². The fourth-order valence-electron chi connectivity index (χ4n) is 1.76. The van der Waals surface area contributed by atoms with Gasteiger partial charge in [-0.2, -0.15) is 5.10 Å². The van der Waals surface area contributed by atoms with Gasteiger partial charge in [0.05, 0.1) is 5.75 Å². The second-order valence-electron chi connectivity index (χ2n) is 4.20. The Morgan fingerprint density at radius 3 is 2.82 bits per heavy atom. The van der Waals surface area contributed by atoms with Crippen LogP contribution in [0.1, 0.15) is 31.9 Å². The van der Waals surface area contributed by atoms with Gasteiger partial charge in [-0.3, -0.25) is 0 Å².